The van der Waals surface area contributed by atoms with Crippen molar-refractivity contribution in [2.24, 2.45) is 0 Å². The molecule has 0 saturated carbocycles. The maximum Gasteiger partial charge on any atom is 0.223 e. The monoisotopic (exact) mass is 299 g/mol. The lowest BCUT2D eigenvalue weighted by Crippen LogP contribution is -2.25. The van der Waals surface area contributed by atoms with Gasteiger partial charge in [-0.25, -0.2) is 0 Å². The summed E-state index contributed by atoms with van der Waals surface area (Å²) in [6, 6.07) is 5.53. The Hall–Kier alpha value is -1.75. The van der Waals surface area contributed by atoms with E-state index in [1.54, 1.807) is 20.3 Å². The SMILES string of the molecule is COc1ccc(CCC(=O)NCCC(=O)Cl)cc1OC. The van der Waals surface area contributed by atoms with E-state index >= 15 is 0 Å². The Bertz CT molecular complexity index is 476. The first-order chi connectivity index (χ1) is 9.56. The molecule has 0 aromatic heterocycles. The summed E-state index contributed by atoms with van der Waals surface area (Å²) in [4.78, 5) is 22.1. The van der Waals surface area contributed by atoms with E-state index in [4.69, 9.17) is 21.1 Å². The zero-order valence-electron chi connectivity index (χ0n) is 11.6. The van der Waals surface area contributed by atoms with Gasteiger partial charge in [-0.2, -0.15) is 0 Å². The van der Waals surface area contributed by atoms with Crippen molar-refractivity contribution in [3.05, 3.63) is 23.8 Å². The number of carbonyl (C=O) groups is 2. The molecule has 1 aromatic rings. The molecule has 0 aliphatic rings. The summed E-state index contributed by atoms with van der Waals surface area (Å²) in [5.74, 6) is 1.18. The van der Waals surface area contributed by atoms with Crippen LogP contribution >= 0.6 is 11.6 Å². The predicted octanol–water partition coefficient (Wildman–Crippen LogP) is 1.91. The Labute approximate surface area is 123 Å². The van der Waals surface area contributed by atoms with Crippen LogP contribution in [0.25, 0.3) is 0 Å². The van der Waals surface area contributed by atoms with Gasteiger partial charge in [-0.3, -0.25) is 9.59 Å². The van der Waals surface area contributed by atoms with Crippen LogP contribution in [0.5, 0.6) is 11.5 Å². The van der Waals surface area contributed by atoms with Crippen LogP contribution in [0.15, 0.2) is 18.2 Å². The van der Waals surface area contributed by atoms with Crippen molar-refractivity contribution in [1.82, 2.24) is 5.32 Å². The number of ether oxygens (including phenoxy) is 2. The molecule has 20 heavy (non-hydrogen) atoms. The Morgan fingerprint density at radius 1 is 1.15 bits per heavy atom. The molecule has 0 heterocycles. The van der Waals surface area contributed by atoms with E-state index in [-0.39, 0.29) is 18.9 Å². The van der Waals surface area contributed by atoms with Crippen molar-refractivity contribution in [1.29, 1.82) is 0 Å². The fraction of sp³-hybridized carbons (Fsp3) is 0.429. The summed E-state index contributed by atoms with van der Waals surface area (Å²) in [6.07, 6.45) is 1.07. The lowest BCUT2D eigenvalue weighted by molar-refractivity contribution is -0.121. The number of hydrogen-bond acceptors (Lipinski definition) is 4. The van der Waals surface area contributed by atoms with Crippen LogP contribution in [0.4, 0.5) is 0 Å². The lowest BCUT2D eigenvalue weighted by atomic mass is 10.1. The van der Waals surface area contributed by atoms with Gasteiger partial charge < -0.3 is 14.8 Å². The minimum absolute atomic E-state index is 0.113. The fourth-order valence-electron chi connectivity index (χ4n) is 1.68. The van der Waals surface area contributed by atoms with Crippen molar-refractivity contribution in [2.75, 3.05) is 20.8 Å². The molecule has 0 saturated heterocycles. The van der Waals surface area contributed by atoms with Gasteiger partial charge in [-0.1, -0.05) is 6.07 Å². The predicted molar refractivity (Wildman–Crippen MR) is 76.4 cm³/mol. The molecule has 1 amide bonds. The van der Waals surface area contributed by atoms with Gasteiger partial charge in [0.15, 0.2) is 11.5 Å². The summed E-state index contributed by atoms with van der Waals surface area (Å²) in [7, 11) is 3.14. The van der Waals surface area contributed by atoms with Crippen molar-refractivity contribution in [3.63, 3.8) is 0 Å². The molecule has 0 radical (unpaired) electrons. The number of amides is 1. The Kier molecular flexibility index (Phi) is 6.87. The Morgan fingerprint density at radius 3 is 2.45 bits per heavy atom. The number of aryl methyl sites for hydroxylation is 1. The van der Waals surface area contributed by atoms with Gasteiger partial charge in [0, 0.05) is 19.4 Å². The van der Waals surface area contributed by atoms with Gasteiger partial charge >= 0.3 is 0 Å². The summed E-state index contributed by atoms with van der Waals surface area (Å²) < 4.78 is 10.3. The number of rotatable bonds is 8. The molecule has 5 nitrogen and oxygen atoms in total. The average molecular weight is 300 g/mol. The van der Waals surface area contributed by atoms with Gasteiger partial charge in [0.25, 0.3) is 0 Å². The third-order valence-electron chi connectivity index (χ3n) is 2.73. The minimum Gasteiger partial charge on any atom is -0.493 e. The maximum absolute atomic E-state index is 11.6. The molecule has 0 fully saturated rings. The Morgan fingerprint density at radius 2 is 1.85 bits per heavy atom. The van der Waals surface area contributed by atoms with Gasteiger partial charge in [0.05, 0.1) is 14.2 Å². The molecule has 0 unspecified atom stereocenters. The van der Waals surface area contributed by atoms with Gasteiger partial charge in [0.1, 0.15) is 0 Å². The highest BCUT2D eigenvalue weighted by Crippen LogP contribution is 2.27. The maximum atomic E-state index is 11.6. The van der Waals surface area contributed by atoms with Crippen LogP contribution in [-0.2, 0) is 16.0 Å². The molecule has 0 aliphatic heterocycles. The van der Waals surface area contributed by atoms with Gasteiger partial charge in [-0.05, 0) is 35.7 Å². The van der Waals surface area contributed by atoms with E-state index in [2.05, 4.69) is 5.32 Å². The van der Waals surface area contributed by atoms with Crippen LogP contribution in [0.2, 0.25) is 0 Å². The highest BCUT2D eigenvalue weighted by molar-refractivity contribution is 6.63. The van der Waals surface area contributed by atoms with Crippen molar-refractivity contribution in [3.8, 4) is 11.5 Å². The molecule has 0 atom stereocenters. The molecule has 6 heteroatoms. The first kappa shape index (κ1) is 16.3. The summed E-state index contributed by atoms with van der Waals surface area (Å²) in [5.41, 5.74) is 0.978. The van der Waals surface area contributed by atoms with Crippen LogP contribution in [0, 0.1) is 0 Å². The first-order valence-electron chi connectivity index (χ1n) is 6.22. The molecular weight excluding hydrogens is 282 g/mol. The minimum atomic E-state index is -0.454. The summed E-state index contributed by atoms with van der Waals surface area (Å²) in [5, 5.41) is 2.18. The third kappa shape index (κ3) is 5.48. The third-order valence-corrected chi connectivity index (χ3v) is 2.92. The van der Waals surface area contributed by atoms with Crippen LogP contribution < -0.4 is 14.8 Å². The second kappa shape index (κ2) is 8.43. The van der Waals surface area contributed by atoms with Crippen LogP contribution in [0.3, 0.4) is 0 Å². The molecule has 0 spiro atoms. The Balaban J connectivity index is 2.45. The second-order valence-electron chi connectivity index (χ2n) is 4.14. The largest absolute Gasteiger partial charge is 0.493 e. The van der Waals surface area contributed by atoms with E-state index < -0.39 is 5.24 Å². The number of halogens is 1. The van der Waals surface area contributed by atoms with Crippen molar-refractivity contribution < 1.29 is 19.1 Å². The molecule has 1 rings (SSSR count). The van der Waals surface area contributed by atoms with E-state index in [9.17, 15) is 9.59 Å². The normalized spacial score (nSPS) is 9.95. The highest BCUT2D eigenvalue weighted by Gasteiger charge is 2.07. The molecular formula is C14H18ClNO4. The number of methoxy groups -OCH3 is 2. The molecule has 1 aromatic carbocycles. The second-order valence-corrected chi connectivity index (χ2v) is 4.57. The number of hydrogen-bond donors (Lipinski definition) is 1. The topological polar surface area (TPSA) is 64.6 Å². The van der Waals surface area contributed by atoms with Crippen molar-refractivity contribution >= 4 is 22.8 Å². The average Bonchev–Trinajstić information content (AvgIpc) is 2.44. The van der Waals surface area contributed by atoms with Crippen molar-refractivity contribution in [2.45, 2.75) is 19.3 Å². The van der Waals surface area contributed by atoms with Crippen LogP contribution in [-0.4, -0.2) is 31.9 Å². The first-order valence-corrected chi connectivity index (χ1v) is 6.60. The van der Waals surface area contributed by atoms with E-state index in [1.165, 1.54) is 0 Å². The highest BCUT2D eigenvalue weighted by atomic mass is 35.5. The number of carbonyl (C=O) groups excluding carboxylic acids is 2. The molecule has 0 bridgehead atoms. The quantitative estimate of drug-likeness (QED) is 0.745. The van der Waals surface area contributed by atoms with Gasteiger partial charge in [0.2, 0.25) is 11.1 Å². The molecule has 110 valence electrons. The van der Waals surface area contributed by atoms with E-state index in [0.717, 1.165) is 5.56 Å². The van der Waals surface area contributed by atoms with Gasteiger partial charge in [-0.15, -0.1) is 0 Å². The van der Waals surface area contributed by atoms with E-state index in [1.807, 2.05) is 12.1 Å². The lowest BCUT2D eigenvalue weighted by Gasteiger charge is -2.09. The standard InChI is InChI=1S/C14H18ClNO4/c1-19-11-5-3-10(9-12(11)20-2)4-6-14(18)16-8-7-13(15)17/h3,5,9H,4,6-8H2,1-2H3,(H,16,18). The molecule has 0 aliphatic carbocycles. The number of benzene rings is 1. The number of nitrogens with one attached hydrogen (secondary N) is 1. The summed E-state index contributed by atoms with van der Waals surface area (Å²) in [6.45, 7) is 0.271. The zero-order chi connectivity index (χ0) is 15.0. The summed E-state index contributed by atoms with van der Waals surface area (Å²) >= 11 is 5.18. The zero-order valence-corrected chi connectivity index (χ0v) is 12.3. The molecule has 1 N–H and O–H groups in total. The van der Waals surface area contributed by atoms with E-state index in [0.29, 0.717) is 24.3 Å². The smallest absolute Gasteiger partial charge is 0.223 e. The fourth-order valence-corrected chi connectivity index (χ4v) is 1.78. The van der Waals surface area contributed by atoms with Crippen LogP contribution in [0.1, 0.15) is 18.4 Å².